The van der Waals surface area contributed by atoms with E-state index in [2.05, 4.69) is 10.3 Å². The molecule has 5 nitrogen and oxygen atoms in total. The summed E-state index contributed by atoms with van der Waals surface area (Å²) in [5.74, 6) is -0.384. The summed E-state index contributed by atoms with van der Waals surface area (Å²) in [6.07, 6.45) is 0.621. The van der Waals surface area contributed by atoms with Crippen LogP contribution in [0.1, 0.15) is 25.8 Å². The number of rotatable bonds is 8. The lowest BCUT2D eigenvalue weighted by Crippen LogP contribution is -2.45. The van der Waals surface area contributed by atoms with Gasteiger partial charge in [-0.25, -0.2) is 4.98 Å². The molecule has 0 saturated carbocycles. The van der Waals surface area contributed by atoms with Crippen LogP contribution in [0.25, 0.3) is 0 Å². The molecule has 1 aromatic rings. The molecule has 1 rings (SSSR count). The molecule has 0 saturated heterocycles. The smallest absolute Gasteiger partial charge is 0.326 e. The molecule has 0 radical (unpaired) electrons. The van der Waals surface area contributed by atoms with Crippen molar-refractivity contribution < 1.29 is 14.3 Å². The summed E-state index contributed by atoms with van der Waals surface area (Å²) in [5.41, 5.74) is 0.685. The molecule has 0 unspecified atom stereocenters. The lowest BCUT2D eigenvalue weighted by molar-refractivity contribution is -0.151. The largest absolute Gasteiger partial charge is 0.460 e. The predicted molar refractivity (Wildman–Crippen MR) is 82.6 cm³/mol. The van der Waals surface area contributed by atoms with Crippen molar-refractivity contribution in [2.24, 2.45) is 0 Å². The fraction of sp³-hybridized carbons (Fsp3) is 0.571. The molecule has 0 amide bonds. The Kier molecular flexibility index (Phi) is 7.96. The maximum Gasteiger partial charge on any atom is 0.326 e. The first-order valence-electron chi connectivity index (χ1n) is 6.75. The summed E-state index contributed by atoms with van der Waals surface area (Å²) in [6, 6.07) is 2.68. The zero-order chi connectivity index (χ0) is 15.8. The standard InChI is InChI=1S/C14H20Cl2N2O3/c1-4-5-20-9(2)13(17-3)14(19)21-8-10-6-11(15)18-12(16)7-10/h6-7,9,13,17H,4-5,8H2,1-3H3/t9-,13-/m0/s1. The highest BCUT2D eigenvalue weighted by Crippen LogP contribution is 2.15. The van der Waals surface area contributed by atoms with E-state index in [1.54, 1.807) is 19.2 Å². The van der Waals surface area contributed by atoms with Gasteiger partial charge in [0, 0.05) is 6.61 Å². The van der Waals surface area contributed by atoms with E-state index in [1.807, 2.05) is 13.8 Å². The molecule has 0 aliphatic rings. The van der Waals surface area contributed by atoms with Gasteiger partial charge >= 0.3 is 5.97 Å². The van der Waals surface area contributed by atoms with Crippen LogP contribution in [0.4, 0.5) is 0 Å². The maximum atomic E-state index is 12.1. The Hall–Kier alpha value is -0.880. The number of pyridine rings is 1. The maximum absolute atomic E-state index is 12.1. The Labute approximate surface area is 134 Å². The third kappa shape index (κ3) is 6.18. The van der Waals surface area contributed by atoms with E-state index in [0.717, 1.165) is 6.42 Å². The Morgan fingerprint density at radius 2 is 2.00 bits per heavy atom. The minimum absolute atomic E-state index is 0.0828. The number of halogens is 2. The highest BCUT2D eigenvalue weighted by Gasteiger charge is 2.25. The average molecular weight is 335 g/mol. The molecule has 2 atom stereocenters. The molecule has 7 heteroatoms. The summed E-state index contributed by atoms with van der Waals surface area (Å²) in [5, 5.41) is 3.43. The summed E-state index contributed by atoms with van der Waals surface area (Å²) in [4.78, 5) is 15.9. The molecular formula is C14H20Cl2N2O3. The van der Waals surface area contributed by atoms with Crippen LogP contribution in [-0.2, 0) is 20.9 Å². The summed E-state index contributed by atoms with van der Waals surface area (Å²) in [7, 11) is 1.69. The number of carbonyl (C=O) groups excluding carboxylic acids is 1. The first-order chi connectivity index (χ1) is 9.97. The number of nitrogens with zero attached hydrogens (tertiary/aromatic N) is 1. The topological polar surface area (TPSA) is 60.5 Å². The first-order valence-corrected chi connectivity index (χ1v) is 7.51. The van der Waals surface area contributed by atoms with Crippen LogP contribution in [0.2, 0.25) is 10.3 Å². The minimum atomic E-state index is -0.524. The molecule has 21 heavy (non-hydrogen) atoms. The third-order valence-electron chi connectivity index (χ3n) is 2.82. The number of carbonyl (C=O) groups is 1. The van der Waals surface area contributed by atoms with Crippen LogP contribution in [-0.4, -0.2) is 36.8 Å². The third-order valence-corrected chi connectivity index (χ3v) is 3.21. The van der Waals surface area contributed by atoms with Gasteiger partial charge in [0.2, 0.25) is 0 Å². The van der Waals surface area contributed by atoms with Gasteiger partial charge in [-0.3, -0.25) is 4.79 Å². The van der Waals surface area contributed by atoms with Crippen molar-refractivity contribution >= 4 is 29.2 Å². The SMILES string of the molecule is CCCO[C@@H](C)[C@H](NC)C(=O)OCc1cc(Cl)nc(Cl)c1. The molecule has 0 aliphatic heterocycles. The predicted octanol–water partition coefficient (Wildman–Crippen LogP) is 2.83. The van der Waals surface area contributed by atoms with Crippen LogP contribution in [0.15, 0.2) is 12.1 Å². The molecule has 0 bridgehead atoms. The van der Waals surface area contributed by atoms with E-state index in [9.17, 15) is 4.79 Å². The van der Waals surface area contributed by atoms with E-state index in [1.165, 1.54) is 0 Å². The second kappa shape index (κ2) is 9.20. The van der Waals surface area contributed by atoms with Crippen molar-refractivity contribution in [3.05, 3.63) is 28.0 Å². The Morgan fingerprint density at radius 3 is 2.52 bits per heavy atom. The molecule has 1 aromatic heterocycles. The minimum Gasteiger partial charge on any atom is -0.460 e. The molecule has 0 fully saturated rings. The number of aromatic nitrogens is 1. The summed E-state index contributed by atoms with van der Waals surface area (Å²) < 4.78 is 10.8. The quantitative estimate of drug-likeness (QED) is 0.585. The fourth-order valence-electron chi connectivity index (χ4n) is 1.79. The number of ether oxygens (including phenoxy) is 2. The molecule has 1 N–H and O–H groups in total. The van der Waals surface area contributed by atoms with E-state index in [0.29, 0.717) is 12.2 Å². The van der Waals surface area contributed by atoms with Gasteiger partial charge in [0.1, 0.15) is 23.0 Å². The molecular weight excluding hydrogens is 315 g/mol. The van der Waals surface area contributed by atoms with Crippen molar-refractivity contribution in [1.82, 2.24) is 10.3 Å². The Balaban J connectivity index is 2.57. The number of hydrogen-bond acceptors (Lipinski definition) is 5. The number of esters is 1. The van der Waals surface area contributed by atoms with E-state index in [4.69, 9.17) is 32.7 Å². The summed E-state index contributed by atoms with van der Waals surface area (Å²) in [6.45, 7) is 4.52. The van der Waals surface area contributed by atoms with Crippen molar-refractivity contribution in [2.45, 2.75) is 39.0 Å². The molecule has 0 aliphatic carbocycles. The normalized spacial score (nSPS) is 13.8. The monoisotopic (exact) mass is 334 g/mol. The van der Waals surface area contributed by atoms with Crippen LogP contribution < -0.4 is 5.32 Å². The molecule has 0 aromatic carbocycles. The van der Waals surface area contributed by atoms with Gasteiger partial charge in [-0.1, -0.05) is 30.1 Å². The van der Waals surface area contributed by atoms with Crippen molar-refractivity contribution in [1.29, 1.82) is 0 Å². The van der Waals surface area contributed by atoms with Crippen LogP contribution in [0.5, 0.6) is 0 Å². The average Bonchev–Trinajstić information content (AvgIpc) is 2.42. The first kappa shape index (κ1) is 18.2. The Morgan fingerprint density at radius 1 is 1.38 bits per heavy atom. The van der Waals surface area contributed by atoms with Crippen molar-refractivity contribution in [2.75, 3.05) is 13.7 Å². The van der Waals surface area contributed by atoms with Crippen LogP contribution in [0, 0.1) is 0 Å². The number of hydrogen-bond donors (Lipinski definition) is 1. The van der Waals surface area contributed by atoms with Crippen molar-refractivity contribution in [3.8, 4) is 0 Å². The van der Waals surface area contributed by atoms with E-state index < -0.39 is 6.04 Å². The number of likely N-dealkylation sites (N-methyl/N-ethyl adjacent to an activating group) is 1. The van der Waals surface area contributed by atoms with Gasteiger partial charge in [0.15, 0.2) is 0 Å². The van der Waals surface area contributed by atoms with Gasteiger partial charge in [-0.15, -0.1) is 0 Å². The highest BCUT2D eigenvalue weighted by molar-refractivity contribution is 6.32. The fourth-order valence-corrected chi connectivity index (χ4v) is 2.29. The summed E-state index contributed by atoms with van der Waals surface area (Å²) >= 11 is 11.6. The van der Waals surface area contributed by atoms with E-state index >= 15 is 0 Å². The highest BCUT2D eigenvalue weighted by atomic mass is 35.5. The second-order valence-corrected chi connectivity index (χ2v) is 5.35. The van der Waals surface area contributed by atoms with Gasteiger partial charge in [0.25, 0.3) is 0 Å². The Bertz CT molecular complexity index is 451. The van der Waals surface area contributed by atoms with Crippen LogP contribution >= 0.6 is 23.2 Å². The van der Waals surface area contributed by atoms with Gasteiger partial charge < -0.3 is 14.8 Å². The lowest BCUT2D eigenvalue weighted by atomic mass is 10.2. The van der Waals surface area contributed by atoms with Crippen molar-refractivity contribution in [3.63, 3.8) is 0 Å². The zero-order valence-corrected chi connectivity index (χ0v) is 13.9. The molecule has 1 heterocycles. The molecule has 0 spiro atoms. The number of nitrogens with one attached hydrogen (secondary N) is 1. The van der Waals surface area contributed by atoms with Gasteiger partial charge in [-0.2, -0.15) is 0 Å². The zero-order valence-electron chi connectivity index (χ0n) is 12.4. The van der Waals surface area contributed by atoms with Gasteiger partial charge in [0.05, 0.1) is 6.10 Å². The lowest BCUT2D eigenvalue weighted by Gasteiger charge is -2.22. The van der Waals surface area contributed by atoms with E-state index in [-0.39, 0.29) is 29.0 Å². The second-order valence-electron chi connectivity index (χ2n) is 4.57. The van der Waals surface area contributed by atoms with Crippen LogP contribution in [0.3, 0.4) is 0 Å². The van der Waals surface area contributed by atoms with Gasteiger partial charge in [-0.05, 0) is 38.1 Å². The molecule has 118 valence electrons.